The number of H-pyrrole nitrogens is 2. The number of nitrogens with one attached hydrogen (secondary N) is 2. The molecule has 5 rings (SSSR count). The average molecular weight is 467 g/mol. The number of benzene rings is 2. The van der Waals surface area contributed by atoms with Crippen LogP contribution in [0, 0.1) is 17.1 Å². The van der Waals surface area contributed by atoms with E-state index in [1.54, 1.807) is 36.5 Å². The summed E-state index contributed by atoms with van der Waals surface area (Å²) in [4.78, 5) is 0. The minimum atomic E-state index is -0.647. The maximum absolute atomic E-state index is 13.5. The van der Waals surface area contributed by atoms with Crippen LogP contribution in [0.15, 0.2) is 60.1 Å². The van der Waals surface area contributed by atoms with Gasteiger partial charge in [0.05, 0.1) is 39.1 Å². The molecule has 3 heterocycles. The summed E-state index contributed by atoms with van der Waals surface area (Å²) in [6, 6.07) is 13.2. The number of fused-ring (bicyclic) bond motifs is 1. The van der Waals surface area contributed by atoms with Gasteiger partial charge in [0.25, 0.3) is 0 Å². The number of nitrogens with zero attached hydrogens (tertiary/aromatic N) is 3. The van der Waals surface area contributed by atoms with Crippen molar-refractivity contribution in [3.05, 3.63) is 87.1 Å². The summed E-state index contributed by atoms with van der Waals surface area (Å²) in [7, 11) is 0. The third-order valence-electron chi connectivity index (χ3n) is 5.26. The van der Waals surface area contributed by atoms with Crippen molar-refractivity contribution in [3.63, 3.8) is 0 Å². The van der Waals surface area contributed by atoms with E-state index in [2.05, 4.69) is 26.5 Å². The highest BCUT2D eigenvalue weighted by Crippen LogP contribution is 2.47. The fourth-order valence-electron chi connectivity index (χ4n) is 3.79. The summed E-state index contributed by atoms with van der Waals surface area (Å²) >= 11 is 12.3. The summed E-state index contributed by atoms with van der Waals surface area (Å²) in [6.45, 7) is 0. The number of nitriles is 1. The summed E-state index contributed by atoms with van der Waals surface area (Å²) in [6.07, 6.45) is 1.61. The predicted octanol–water partition coefficient (Wildman–Crippen LogP) is 5.13. The van der Waals surface area contributed by atoms with Gasteiger partial charge in [0.15, 0.2) is 0 Å². The summed E-state index contributed by atoms with van der Waals surface area (Å²) in [5, 5.41) is 25.0. The number of nitrogens with two attached hydrogens (primary N) is 1. The lowest BCUT2D eigenvalue weighted by Gasteiger charge is -2.24. The highest BCUT2D eigenvalue weighted by molar-refractivity contribution is 6.42. The second kappa shape index (κ2) is 7.71. The Kier molecular flexibility index (Phi) is 4.85. The lowest BCUT2D eigenvalue weighted by atomic mass is 9.82. The smallest absolute Gasteiger partial charge is 0.244 e. The lowest BCUT2D eigenvalue weighted by Crippen LogP contribution is -2.21. The molecule has 2 aromatic heterocycles. The van der Waals surface area contributed by atoms with Gasteiger partial charge >= 0.3 is 0 Å². The van der Waals surface area contributed by atoms with Gasteiger partial charge in [0.2, 0.25) is 11.8 Å². The van der Waals surface area contributed by atoms with E-state index in [0.717, 1.165) is 0 Å². The Morgan fingerprint density at radius 1 is 1.03 bits per heavy atom. The van der Waals surface area contributed by atoms with E-state index >= 15 is 0 Å². The molecule has 0 saturated heterocycles. The van der Waals surface area contributed by atoms with E-state index in [-0.39, 0.29) is 23.2 Å². The van der Waals surface area contributed by atoms with Crippen molar-refractivity contribution >= 4 is 23.2 Å². The minimum absolute atomic E-state index is 0.0524. The topological polar surface area (TPSA) is 116 Å². The quantitative estimate of drug-likeness (QED) is 0.386. The third-order valence-corrected chi connectivity index (χ3v) is 6.00. The van der Waals surface area contributed by atoms with Crippen LogP contribution in [0.3, 0.4) is 0 Å². The minimum Gasteiger partial charge on any atom is -0.420 e. The van der Waals surface area contributed by atoms with Gasteiger partial charge in [-0.2, -0.15) is 10.4 Å². The Bertz CT molecular complexity index is 1420. The van der Waals surface area contributed by atoms with Crippen LogP contribution in [0.5, 0.6) is 5.88 Å². The van der Waals surface area contributed by atoms with Crippen molar-refractivity contribution in [2.45, 2.75) is 5.92 Å². The second-order valence-electron chi connectivity index (χ2n) is 7.08. The molecule has 0 radical (unpaired) electrons. The van der Waals surface area contributed by atoms with Crippen molar-refractivity contribution in [1.29, 1.82) is 5.26 Å². The Morgan fingerprint density at radius 2 is 1.78 bits per heavy atom. The standard InChI is InChI=1S/C22H13Cl2FN6O/c23-15-6-3-11(7-16(15)24)20-18-17(13(8-26)21(27)32-22(18)31-30-20)14-9-28-29-19(14)10-1-4-12(25)5-2-10/h1-7,9,17H,27H2,(H,28,29)(H,30,31)/t17-/m0/s1. The molecule has 0 saturated carbocycles. The Morgan fingerprint density at radius 3 is 2.50 bits per heavy atom. The summed E-state index contributed by atoms with van der Waals surface area (Å²) in [5.41, 5.74) is 10.1. The Labute approximate surface area is 191 Å². The molecule has 0 fully saturated rings. The second-order valence-corrected chi connectivity index (χ2v) is 7.89. The van der Waals surface area contributed by atoms with Crippen LogP contribution in [-0.2, 0) is 0 Å². The number of halogens is 3. The lowest BCUT2D eigenvalue weighted by molar-refractivity contribution is 0.379. The van der Waals surface area contributed by atoms with Gasteiger partial charge in [0.1, 0.15) is 17.5 Å². The number of aromatic nitrogens is 4. The largest absolute Gasteiger partial charge is 0.420 e. The molecular weight excluding hydrogens is 454 g/mol. The molecule has 0 unspecified atom stereocenters. The highest BCUT2D eigenvalue weighted by Gasteiger charge is 2.37. The van der Waals surface area contributed by atoms with E-state index in [0.29, 0.717) is 43.7 Å². The van der Waals surface area contributed by atoms with Gasteiger partial charge < -0.3 is 10.5 Å². The fourth-order valence-corrected chi connectivity index (χ4v) is 4.09. The molecule has 1 aliphatic rings. The first-order valence-corrected chi connectivity index (χ1v) is 10.1. The highest BCUT2D eigenvalue weighted by atomic mass is 35.5. The zero-order valence-corrected chi connectivity index (χ0v) is 17.7. The SMILES string of the molecule is N#CC1=C(N)Oc2n[nH]c(-c3ccc(Cl)c(Cl)c3)c2[C@@H]1c1cn[nH]c1-c1ccc(F)cc1. The molecule has 0 amide bonds. The Hall–Kier alpha value is -3.80. The molecular formula is C22H13Cl2FN6O. The molecule has 4 aromatic rings. The van der Waals surface area contributed by atoms with E-state index in [9.17, 15) is 9.65 Å². The van der Waals surface area contributed by atoms with E-state index in [4.69, 9.17) is 33.7 Å². The Balaban J connectivity index is 1.73. The molecule has 2 aromatic carbocycles. The molecule has 0 spiro atoms. The van der Waals surface area contributed by atoms with Crippen molar-refractivity contribution in [1.82, 2.24) is 20.4 Å². The maximum Gasteiger partial charge on any atom is 0.244 e. The van der Waals surface area contributed by atoms with Crippen molar-refractivity contribution < 1.29 is 9.13 Å². The number of rotatable bonds is 3. The van der Waals surface area contributed by atoms with Crippen LogP contribution in [0.4, 0.5) is 4.39 Å². The van der Waals surface area contributed by atoms with E-state index in [1.165, 1.54) is 12.1 Å². The predicted molar refractivity (Wildman–Crippen MR) is 117 cm³/mol. The molecule has 0 bridgehead atoms. The molecule has 4 N–H and O–H groups in total. The summed E-state index contributed by atoms with van der Waals surface area (Å²) < 4.78 is 19.1. The van der Waals surface area contributed by atoms with E-state index in [1.807, 2.05) is 0 Å². The van der Waals surface area contributed by atoms with Crippen LogP contribution < -0.4 is 10.5 Å². The van der Waals surface area contributed by atoms with Crippen molar-refractivity contribution in [2.24, 2.45) is 5.73 Å². The molecule has 0 aliphatic carbocycles. The first-order chi connectivity index (χ1) is 15.5. The molecule has 158 valence electrons. The molecule has 7 nitrogen and oxygen atoms in total. The first kappa shape index (κ1) is 20.1. The van der Waals surface area contributed by atoms with Gasteiger partial charge in [-0.1, -0.05) is 29.3 Å². The summed E-state index contributed by atoms with van der Waals surface area (Å²) in [5.74, 6) is -0.824. The van der Waals surface area contributed by atoms with Gasteiger partial charge in [-0.25, -0.2) is 4.39 Å². The number of ether oxygens (including phenoxy) is 1. The monoisotopic (exact) mass is 466 g/mol. The van der Waals surface area contributed by atoms with Crippen LogP contribution in [0.2, 0.25) is 10.0 Å². The number of hydrogen-bond donors (Lipinski definition) is 3. The van der Waals surface area contributed by atoms with Gasteiger partial charge in [-0.15, -0.1) is 5.10 Å². The van der Waals surface area contributed by atoms with Crippen LogP contribution in [-0.4, -0.2) is 20.4 Å². The molecule has 1 aliphatic heterocycles. The first-order valence-electron chi connectivity index (χ1n) is 9.38. The van der Waals surface area contributed by atoms with Gasteiger partial charge in [0, 0.05) is 16.7 Å². The zero-order chi connectivity index (χ0) is 22.4. The zero-order valence-electron chi connectivity index (χ0n) is 16.2. The number of aromatic amines is 2. The van der Waals surface area contributed by atoms with Crippen LogP contribution >= 0.6 is 23.2 Å². The molecule has 1 atom stereocenters. The molecule has 32 heavy (non-hydrogen) atoms. The number of allylic oxidation sites excluding steroid dienone is 1. The van der Waals surface area contributed by atoms with Crippen molar-refractivity contribution in [3.8, 4) is 34.5 Å². The average Bonchev–Trinajstić information content (AvgIpc) is 3.42. The number of hydrogen-bond acceptors (Lipinski definition) is 5. The van der Waals surface area contributed by atoms with Gasteiger partial charge in [-0.05, 0) is 36.4 Å². The van der Waals surface area contributed by atoms with Crippen molar-refractivity contribution in [2.75, 3.05) is 0 Å². The van der Waals surface area contributed by atoms with E-state index < -0.39 is 5.92 Å². The third kappa shape index (κ3) is 3.19. The van der Waals surface area contributed by atoms with Crippen LogP contribution in [0.25, 0.3) is 22.5 Å². The van der Waals surface area contributed by atoms with Gasteiger partial charge in [-0.3, -0.25) is 10.2 Å². The normalized spacial score (nSPS) is 15.2. The fraction of sp³-hybridized carbons (Fsp3) is 0.0455. The molecule has 10 heteroatoms. The maximum atomic E-state index is 13.5. The van der Waals surface area contributed by atoms with Crippen LogP contribution in [0.1, 0.15) is 17.0 Å².